The van der Waals surface area contributed by atoms with Crippen LogP contribution in [0.4, 0.5) is 0 Å². The molecule has 0 radical (unpaired) electrons. The smallest absolute Gasteiger partial charge is 0.191 e. The number of aliphatic imine (C=N–C) groups is 1. The molecule has 2 N–H and O–H groups in total. The van der Waals surface area contributed by atoms with Crippen LogP contribution in [0.15, 0.2) is 29.3 Å². The molecular weight excluding hydrogens is 324 g/mol. The van der Waals surface area contributed by atoms with E-state index in [2.05, 4.69) is 60.4 Å². The number of rotatable bonds is 8. The lowest BCUT2D eigenvalue weighted by atomic mass is 10.1. The van der Waals surface area contributed by atoms with Crippen LogP contribution in [0, 0.1) is 12.8 Å². The number of ether oxygens (including phenoxy) is 1. The summed E-state index contributed by atoms with van der Waals surface area (Å²) < 4.78 is 5.77. The van der Waals surface area contributed by atoms with Crippen molar-refractivity contribution in [3.63, 3.8) is 0 Å². The van der Waals surface area contributed by atoms with Gasteiger partial charge in [0, 0.05) is 38.8 Å². The van der Waals surface area contributed by atoms with Crippen molar-refractivity contribution in [1.82, 2.24) is 15.5 Å². The van der Waals surface area contributed by atoms with Crippen LogP contribution in [0.5, 0.6) is 5.75 Å². The molecule has 2 unspecified atom stereocenters. The Labute approximate surface area is 159 Å². The zero-order valence-electron chi connectivity index (χ0n) is 17.1. The van der Waals surface area contributed by atoms with E-state index in [1.54, 1.807) is 0 Å². The van der Waals surface area contributed by atoms with Crippen LogP contribution in [0.25, 0.3) is 0 Å². The Morgan fingerprint density at radius 3 is 2.58 bits per heavy atom. The van der Waals surface area contributed by atoms with E-state index < -0.39 is 0 Å². The summed E-state index contributed by atoms with van der Waals surface area (Å²) in [5.74, 6) is 2.50. The second-order valence-electron chi connectivity index (χ2n) is 7.64. The molecule has 2 rings (SSSR count). The summed E-state index contributed by atoms with van der Waals surface area (Å²) in [7, 11) is 1.84. The highest BCUT2D eigenvalue weighted by molar-refractivity contribution is 5.80. The second kappa shape index (κ2) is 10.4. The molecule has 1 fully saturated rings. The van der Waals surface area contributed by atoms with Crippen LogP contribution in [-0.2, 0) is 0 Å². The molecule has 2 atom stereocenters. The monoisotopic (exact) mass is 360 g/mol. The van der Waals surface area contributed by atoms with Crippen LogP contribution in [-0.4, -0.2) is 56.2 Å². The predicted molar refractivity (Wildman–Crippen MR) is 110 cm³/mol. The van der Waals surface area contributed by atoms with Crippen LogP contribution in [0.2, 0.25) is 0 Å². The van der Waals surface area contributed by atoms with Gasteiger partial charge in [-0.3, -0.25) is 9.89 Å². The fourth-order valence-electron chi connectivity index (χ4n) is 3.24. The first-order valence-corrected chi connectivity index (χ1v) is 9.90. The zero-order valence-corrected chi connectivity index (χ0v) is 17.1. The van der Waals surface area contributed by atoms with Crippen molar-refractivity contribution in [2.75, 3.05) is 33.3 Å². The number of unbranched alkanes of at least 4 members (excludes halogenated alkanes) is 1. The van der Waals surface area contributed by atoms with Gasteiger partial charge in [0.15, 0.2) is 5.96 Å². The average Bonchev–Trinajstić information content (AvgIpc) is 2.99. The number of nitrogens with one attached hydrogen (secondary N) is 2. The predicted octanol–water partition coefficient (Wildman–Crippen LogP) is 3.05. The van der Waals surface area contributed by atoms with Crippen molar-refractivity contribution in [2.45, 2.75) is 52.6 Å². The van der Waals surface area contributed by atoms with Crippen LogP contribution >= 0.6 is 0 Å². The van der Waals surface area contributed by atoms with Crippen molar-refractivity contribution in [1.29, 1.82) is 0 Å². The maximum Gasteiger partial charge on any atom is 0.191 e. The summed E-state index contributed by atoms with van der Waals surface area (Å²) in [5.41, 5.74) is 1.26. The quantitative estimate of drug-likeness (QED) is 0.425. The Bertz CT molecular complexity index is 556. The molecule has 5 nitrogen and oxygen atoms in total. The van der Waals surface area contributed by atoms with Crippen LogP contribution in [0.1, 0.15) is 39.2 Å². The Hall–Kier alpha value is -1.75. The van der Waals surface area contributed by atoms with Crippen molar-refractivity contribution in [3.05, 3.63) is 29.8 Å². The van der Waals surface area contributed by atoms with E-state index in [1.807, 2.05) is 19.2 Å². The number of nitrogens with zero attached hydrogens (tertiary/aromatic N) is 2. The Kier molecular flexibility index (Phi) is 8.23. The minimum absolute atomic E-state index is 0.466. The average molecular weight is 361 g/mol. The molecule has 5 heteroatoms. The van der Waals surface area contributed by atoms with Crippen LogP contribution in [0.3, 0.4) is 0 Å². The van der Waals surface area contributed by atoms with E-state index in [0.29, 0.717) is 18.0 Å². The molecule has 26 heavy (non-hydrogen) atoms. The van der Waals surface area contributed by atoms with Crippen molar-refractivity contribution >= 4 is 5.96 Å². The Balaban J connectivity index is 1.61. The Morgan fingerprint density at radius 2 is 1.96 bits per heavy atom. The normalized spacial score (nSPS) is 21.2. The third kappa shape index (κ3) is 6.52. The number of aryl methyl sites for hydroxylation is 1. The van der Waals surface area contributed by atoms with Gasteiger partial charge in [-0.15, -0.1) is 0 Å². The fourth-order valence-corrected chi connectivity index (χ4v) is 3.24. The largest absolute Gasteiger partial charge is 0.494 e. The van der Waals surface area contributed by atoms with E-state index in [1.165, 1.54) is 5.56 Å². The van der Waals surface area contributed by atoms with Crippen molar-refractivity contribution in [3.8, 4) is 5.75 Å². The molecule has 1 aromatic carbocycles. The van der Waals surface area contributed by atoms with Crippen LogP contribution < -0.4 is 15.4 Å². The topological polar surface area (TPSA) is 48.9 Å². The first-order valence-electron chi connectivity index (χ1n) is 9.90. The van der Waals surface area contributed by atoms with Gasteiger partial charge in [0.2, 0.25) is 0 Å². The number of hydrogen-bond acceptors (Lipinski definition) is 3. The van der Waals surface area contributed by atoms with Gasteiger partial charge in [-0.25, -0.2) is 0 Å². The number of hydrogen-bond donors (Lipinski definition) is 2. The third-order valence-electron chi connectivity index (χ3n) is 5.07. The molecule has 1 heterocycles. The van der Waals surface area contributed by atoms with Gasteiger partial charge < -0.3 is 15.4 Å². The highest BCUT2D eigenvalue weighted by Crippen LogP contribution is 2.18. The minimum atomic E-state index is 0.466. The van der Waals surface area contributed by atoms with Gasteiger partial charge in [0.05, 0.1) is 6.61 Å². The SMILES string of the molecule is CN=C(NCCCCOc1ccc(C)cc1)NC1CN(C(C)C)CC1C. The van der Waals surface area contributed by atoms with Crippen molar-refractivity contribution in [2.24, 2.45) is 10.9 Å². The van der Waals surface area contributed by atoms with Gasteiger partial charge in [0.1, 0.15) is 5.75 Å². The number of likely N-dealkylation sites (tertiary alicyclic amines) is 1. The maximum atomic E-state index is 5.77. The summed E-state index contributed by atoms with van der Waals surface area (Å²) >= 11 is 0. The van der Waals surface area contributed by atoms with Gasteiger partial charge >= 0.3 is 0 Å². The molecule has 0 amide bonds. The molecular formula is C21H36N4O. The first kappa shape index (κ1) is 20.6. The summed E-state index contributed by atoms with van der Waals surface area (Å²) in [5, 5.41) is 7.02. The summed E-state index contributed by atoms with van der Waals surface area (Å²) in [6.45, 7) is 12.8. The highest BCUT2D eigenvalue weighted by atomic mass is 16.5. The summed E-state index contributed by atoms with van der Waals surface area (Å²) in [6.07, 6.45) is 2.09. The molecule has 0 spiro atoms. The molecule has 0 aliphatic carbocycles. The molecule has 1 saturated heterocycles. The van der Waals surface area contributed by atoms with E-state index in [4.69, 9.17) is 4.74 Å². The van der Waals surface area contributed by atoms with E-state index in [0.717, 1.165) is 50.8 Å². The molecule has 146 valence electrons. The van der Waals surface area contributed by atoms with E-state index in [-0.39, 0.29) is 0 Å². The van der Waals surface area contributed by atoms with Crippen molar-refractivity contribution < 1.29 is 4.74 Å². The molecule has 1 aliphatic heterocycles. The van der Waals surface area contributed by atoms with Gasteiger partial charge in [-0.1, -0.05) is 24.6 Å². The Morgan fingerprint density at radius 1 is 1.23 bits per heavy atom. The minimum Gasteiger partial charge on any atom is -0.494 e. The van der Waals surface area contributed by atoms with Gasteiger partial charge in [0.25, 0.3) is 0 Å². The lowest BCUT2D eigenvalue weighted by molar-refractivity contribution is 0.265. The van der Waals surface area contributed by atoms with E-state index in [9.17, 15) is 0 Å². The first-order chi connectivity index (χ1) is 12.5. The second-order valence-corrected chi connectivity index (χ2v) is 7.64. The number of guanidine groups is 1. The lowest BCUT2D eigenvalue weighted by Gasteiger charge is -2.22. The third-order valence-corrected chi connectivity index (χ3v) is 5.07. The molecule has 0 bridgehead atoms. The fraction of sp³-hybridized carbons (Fsp3) is 0.667. The highest BCUT2D eigenvalue weighted by Gasteiger charge is 2.31. The number of benzene rings is 1. The summed E-state index contributed by atoms with van der Waals surface area (Å²) in [6, 6.07) is 9.29. The van der Waals surface area contributed by atoms with Gasteiger partial charge in [-0.2, -0.15) is 0 Å². The molecule has 1 aliphatic rings. The lowest BCUT2D eigenvalue weighted by Crippen LogP contribution is -2.47. The zero-order chi connectivity index (χ0) is 18.9. The molecule has 0 aromatic heterocycles. The van der Waals surface area contributed by atoms with E-state index >= 15 is 0 Å². The van der Waals surface area contributed by atoms with Gasteiger partial charge in [-0.05, 0) is 51.7 Å². The standard InChI is InChI=1S/C21H36N4O/c1-16(2)25-14-18(4)20(15-25)24-21(22-5)23-12-6-7-13-26-19-10-8-17(3)9-11-19/h8-11,16,18,20H,6-7,12-15H2,1-5H3,(H2,22,23,24). The molecule has 0 saturated carbocycles. The molecule has 1 aromatic rings. The maximum absolute atomic E-state index is 5.77. The summed E-state index contributed by atoms with van der Waals surface area (Å²) in [4.78, 5) is 6.90.